The van der Waals surface area contributed by atoms with Gasteiger partial charge in [-0.15, -0.1) is 0 Å². The second-order valence-corrected chi connectivity index (χ2v) is 7.87. The van der Waals surface area contributed by atoms with E-state index in [4.69, 9.17) is 0 Å². The molecular weight excluding hydrogens is 361 g/mol. The fourth-order valence-corrected chi connectivity index (χ4v) is 4.44. The van der Waals surface area contributed by atoms with Gasteiger partial charge in [-0.1, -0.05) is 43.2 Å². The molecule has 1 aromatic carbocycles. The van der Waals surface area contributed by atoms with Crippen LogP contribution in [-0.4, -0.2) is 34.8 Å². The zero-order valence-electron chi connectivity index (χ0n) is 15.1. The summed E-state index contributed by atoms with van der Waals surface area (Å²) in [6.45, 7) is 0. The molecule has 1 fully saturated rings. The van der Waals surface area contributed by atoms with Crippen molar-refractivity contribution in [2.24, 2.45) is 11.8 Å². The average molecular weight is 385 g/mol. The molecule has 0 saturated heterocycles. The number of hydrogen-bond acceptors (Lipinski definition) is 5. The number of amides is 1. The molecule has 2 unspecified atom stereocenters. The molecule has 1 heterocycles. The second-order valence-electron chi connectivity index (χ2n) is 7.09. The molecule has 0 bridgehead atoms. The Morgan fingerprint density at radius 3 is 2.44 bits per heavy atom. The zero-order chi connectivity index (χ0) is 19.2. The highest BCUT2D eigenvalue weighted by Gasteiger charge is 2.38. The SMILES string of the molecule is O=C(N[C@@H](Cc1ccsc1)B(O)O)C1CCCCC1C(=O)c1ccccc1. The first-order chi connectivity index (χ1) is 13.1. The number of thiophene rings is 1. The van der Waals surface area contributed by atoms with Gasteiger partial charge in [0.15, 0.2) is 5.78 Å². The Morgan fingerprint density at radius 2 is 1.81 bits per heavy atom. The number of ketones is 1. The van der Waals surface area contributed by atoms with Gasteiger partial charge in [-0.05, 0) is 41.7 Å². The van der Waals surface area contributed by atoms with Gasteiger partial charge in [-0.3, -0.25) is 9.59 Å². The summed E-state index contributed by atoms with van der Waals surface area (Å²) < 4.78 is 0. The standard InChI is InChI=1S/C20H24BNO4S/c23-19(15-6-2-1-3-7-15)16-8-4-5-9-17(16)20(24)22-18(21(25)26)12-14-10-11-27-13-14/h1-3,6-7,10-11,13,16-18,25-26H,4-5,8-9,12H2,(H,22,24)/t16?,17?,18-/m0/s1. The lowest BCUT2D eigenvalue weighted by atomic mass is 9.73. The van der Waals surface area contributed by atoms with E-state index in [9.17, 15) is 19.6 Å². The molecular formula is C20H24BNO4S. The summed E-state index contributed by atoms with van der Waals surface area (Å²) in [6, 6.07) is 11.0. The summed E-state index contributed by atoms with van der Waals surface area (Å²) in [4.78, 5) is 25.8. The van der Waals surface area contributed by atoms with Gasteiger partial charge in [0, 0.05) is 17.4 Å². The van der Waals surface area contributed by atoms with Gasteiger partial charge in [0.05, 0.1) is 5.94 Å². The van der Waals surface area contributed by atoms with Crippen LogP contribution in [0.2, 0.25) is 0 Å². The molecule has 0 aliphatic heterocycles. The van der Waals surface area contributed by atoms with Crippen molar-refractivity contribution in [2.75, 3.05) is 0 Å². The van der Waals surface area contributed by atoms with Crippen molar-refractivity contribution in [3.05, 3.63) is 58.3 Å². The molecule has 0 radical (unpaired) electrons. The monoisotopic (exact) mass is 385 g/mol. The molecule has 2 aromatic rings. The molecule has 3 rings (SSSR count). The van der Waals surface area contributed by atoms with Gasteiger partial charge in [0.2, 0.25) is 5.91 Å². The molecule has 1 amide bonds. The predicted octanol–water partition coefficient (Wildman–Crippen LogP) is 2.48. The number of hydrogen-bond donors (Lipinski definition) is 3. The summed E-state index contributed by atoms with van der Waals surface area (Å²) in [5.41, 5.74) is 1.57. The molecule has 27 heavy (non-hydrogen) atoms. The Bertz CT molecular complexity index is 751. The largest absolute Gasteiger partial charge is 0.475 e. The van der Waals surface area contributed by atoms with Crippen molar-refractivity contribution in [2.45, 2.75) is 38.0 Å². The van der Waals surface area contributed by atoms with Crippen LogP contribution in [0.15, 0.2) is 47.2 Å². The molecule has 1 saturated carbocycles. The van der Waals surface area contributed by atoms with Crippen LogP contribution >= 0.6 is 11.3 Å². The van der Waals surface area contributed by atoms with E-state index in [0.29, 0.717) is 24.8 Å². The maximum Gasteiger partial charge on any atom is 0.475 e. The van der Waals surface area contributed by atoms with E-state index in [1.54, 1.807) is 12.1 Å². The van der Waals surface area contributed by atoms with Crippen LogP contribution in [0.5, 0.6) is 0 Å². The highest BCUT2D eigenvalue weighted by Crippen LogP contribution is 2.33. The highest BCUT2D eigenvalue weighted by molar-refractivity contribution is 7.07. The van der Waals surface area contributed by atoms with E-state index < -0.39 is 19.0 Å². The van der Waals surface area contributed by atoms with Crippen LogP contribution < -0.4 is 5.32 Å². The Hall–Kier alpha value is -1.96. The van der Waals surface area contributed by atoms with Crippen molar-refractivity contribution in [3.8, 4) is 0 Å². The topological polar surface area (TPSA) is 86.6 Å². The maximum absolute atomic E-state index is 12.9. The number of carbonyl (C=O) groups is 2. The number of nitrogens with one attached hydrogen (secondary N) is 1. The summed E-state index contributed by atoms with van der Waals surface area (Å²) in [5.74, 6) is -1.86. The fourth-order valence-electron chi connectivity index (χ4n) is 3.76. The quantitative estimate of drug-likeness (QED) is 0.505. The minimum absolute atomic E-state index is 0.00520. The van der Waals surface area contributed by atoms with Gasteiger partial charge in [0.25, 0.3) is 0 Å². The molecule has 1 aliphatic carbocycles. The lowest BCUT2D eigenvalue weighted by molar-refractivity contribution is -0.127. The number of benzene rings is 1. The summed E-state index contributed by atoms with van der Waals surface area (Å²) >= 11 is 1.52. The molecule has 3 N–H and O–H groups in total. The van der Waals surface area contributed by atoms with Gasteiger partial charge in [-0.2, -0.15) is 11.3 Å². The van der Waals surface area contributed by atoms with Crippen molar-refractivity contribution in [1.29, 1.82) is 0 Å². The van der Waals surface area contributed by atoms with Crippen molar-refractivity contribution < 1.29 is 19.6 Å². The number of Topliss-reactive ketones (excluding diaryl/α,β-unsaturated/α-hetero) is 1. The highest BCUT2D eigenvalue weighted by atomic mass is 32.1. The lowest BCUT2D eigenvalue weighted by Crippen LogP contribution is -2.51. The summed E-state index contributed by atoms with van der Waals surface area (Å²) in [6.07, 6.45) is 3.49. The van der Waals surface area contributed by atoms with Crippen LogP contribution in [0.3, 0.4) is 0 Å². The van der Waals surface area contributed by atoms with Crippen LogP contribution in [0.4, 0.5) is 0 Å². The van der Waals surface area contributed by atoms with E-state index >= 15 is 0 Å². The van der Waals surface area contributed by atoms with Gasteiger partial charge >= 0.3 is 7.12 Å². The minimum Gasteiger partial charge on any atom is -0.426 e. The Morgan fingerprint density at radius 1 is 1.11 bits per heavy atom. The van der Waals surface area contributed by atoms with Crippen molar-refractivity contribution in [3.63, 3.8) is 0 Å². The average Bonchev–Trinajstić information content (AvgIpc) is 3.20. The molecule has 7 heteroatoms. The van der Waals surface area contributed by atoms with E-state index in [2.05, 4.69) is 5.32 Å². The Kier molecular flexibility index (Phi) is 6.82. The Labute approximate surface area is 163 Å². The van der Waals surface area contributed by atoms with Gasteiger partial charge < -0.3 is 15.4 Å². The third-order valence-corrected chi connectivity index (χ3v) is 5.95. The van der Waals surface area contributed by atoms with E-state index in [1.807, 2.05) is 35.0 Å². The zero-order valence-corrected chi connectivity index (χ0v) is 15.9. The third kappa shape index (κ3) is 5.06. The molecule has 3 atom stereocenters. The van der Waals surface area contributed by atoms with E-state index in [-0.39, 0.29) is 17.6 Å². The van der Waals surface area contributed by atoms with Crippen LogP contribution in [-0.2, 0) is 11.2 Å². The number of carbonyl (C=O) groups excluding carboxylic acids is 2. The number of rotatable bonds is 7. The van der Waals surface area contributed by atoms with Crippen molar-refractivity contribution in [1.82, 2.24) is 5.32 Å². The predicted molar refractivity (Wildman–Crippen MR) is 106 cm³/mol. The minimum atomic E-state index is -1.65. The van der Waals surface area contributed by atoms with Crippen LogP contribution in [0, 0.1) is 11.8 Å². The van der Waals surface area contributed by atoms with Gasteiger partial charge in [-0.25, -0.2) is 0 Å². The smallest absolute Gasteiger partial charge is 0.426 e. The first-order valence-corrected chi connectivity index (χ1v) is 10.3. The molecule has 0 spiro atoms. The van der Waals surface area contributed by atoms with E-state index in [1.165, 1.54) is 11.3 Å². The third-order valence-electron chi connectivity index (χ3n) is 5.22. The van der Waals surface area contributed by atoms with Crippen LogP contribution in [0.1, 0.15) is 41.6 Å². The van der Waals surface area contributed by atoms with Crippen molar-refractivity contribution >= 4 is 30.1 Å². The first kappa shape index (κ1) is 19.8. The fraction of sp³-hybridized carbons (Fsp3) is 0.400. The lowest BCUT2D eigenvalue weighted by Gasteiger charge is -2.31. The normalized spacial score (nSPS) is 20.7. The van der Waals surface area contributed by atoms with Crippen LogP contribution in [0.25, 0.3) is 0 Å². The first-order valence-electron chi connectivity index (χ1n) is 9.33. The maximum atomic E-state index is 12.9. The second kappa shape index (κ2) is 9.31. The molecule has 1 aliphatic rings. The summed E-state index contributed by atoms with van der Waals surface area (Å²) in [7, 11) is -1.65. The van der Waals surface area contributed by atoms with E-state index in [0.717, 1.165) is 18.4 Å². The molecule has 5 nitrogen and oxygen atoms in total. The summed E-state index contributed by atoms with van der Waals surface area (Å²) in [5, 5.41) is 26.0. The molecule has 142 valence electrons. The molecule has 1 aromatic heterocycles. The van der Waals surface area contributed by atoms with Gasteiger partial charge in [0.1, 0.15) is 0 Å². The Balaban J connectivity index is 1.71.